The lowest BCUT2D eigenvalue weighted by Gasteiger charge is -2.27. The zero-order chi connectivity index (χ0) is 21.4. The summed E-state index contributed by atoms with van der Waals surface area (Å²) in [5.41, 5.74) is 3.88. The molecule has 1 saturated heterocycles. The van der Waals surface area contributed by atoms with Gasteiger partial charge < -0.3 is 4.57 Å². The van der Waals surface area contributed by atoms with Crippen molar-refractivity contribution < 1.29 is 9.59 Å². The van der Waals surface area contributed by atoms with Gasteiger partial charge in [-0.2, -0.15) is 0 Å². The molecule has 0 saturated carbocycles. The van der Waals surface area contributed by atoms with Crippen molar-refractivity contribution in [3.05, 3.63) is 83.7 Å². The Morgan fingerprint density at radius 2 is 1.83 bits per heavy atom. The number of hydrogen-bond acceptors (Lipinski definition) is 3. The Kier molecular flexibility index (Phi) is 5.10. The number of rotatable bonds is 4. The highest BCUT2D eigenvalue weighted by atomic mass is 32.1. The summed E-state index contributed by atoms with van der Waals surface area (Å²) in [6, 6.07) is 16.4. The van der Waals surface area contributed by atoms with Crippen LogP contribution in [-0.4, -0.2) is 32.9 Å². The van der Waals surface area contributed by atoms with Crippen LogP contribution in [0.15, 0.2) is 66.8 Å². The van der Waals surface area contributed by atoms with Gasteiger partial charge in [-0.15, -0.1) is 6.58 Å². The van der Waals surface area contributed by atoms with Gasteiger partial charge in [-0.05, 0) is 55.2 Å². The lowest BCUT2D eigenvalue weighted by Crippen LogP contribution is -2.53. The van der Waals surface area contributed by atoms with E-state index in [9.17, 15) is 9.59 Å². The van der Waals surface area contributed by atoms with Crippen LogP contribution in [0, 0.1) is 13.8 Å². The van der Waals surface area contributed by atoms with Crippen molar-refractivity contribution in [1.29, 1.82) is 0 Å². The highest BCUT2D eigenvalue weighted by molar-refractivity contribution is 7.80. The van der Waals surface area contributed by atoms with Crippen LogP contribution < -0.4 is 5.32 Å². The van der Waals surface area contributed by atoms with Crippen LogP contribution in [0.4, 0.5) is 0 Å². The topological polar surface area (TPSA) is 54.3 Å². The second-order valence-electron chi connectivity index (χ2n) is 7.18. The van der Waals surface area contributed by atoms with Gasteiger partial charge in [-0.3, -0.25) is 19.8 Å². The molecule has 3 aromatic rings. The van der Waals surface area contributed by atoms with E-state index in [2.05, 4.69) is 40.7 Å². The third-order valence-corrected chi connectivity index (χ3v) is 5.60. The number of carbonyl (C=O) groups excluding carboxylic acids is 2. The van der Waals surface area contributed by atoms with Crippen LogP contribution in [0.3, 0.4) is 0 Å². The van der Waals surface area contributed by atoms with Gasteiger partial charge in [0.2, 0.25) is 0 Å². The fraction of sp³-hybridized carbons (Fsp3) is 0.125. The van der Waals surface area contributed by atoms with E-state index in [1.165, 1.54) is 4.90 Å². The fourth-order valence-corrected chi connectivity index (χ4v) is 4.10. The molecule has 6 heteroatoms. The van der Waals surface area contributed by atoms with Crippen LogP contribution in [0.25, 0.3) is 22.5 Å². The van der Waals surface area contributed by atoms with Crippen LogP contribution in [0.2, 0.25) is 0 Å². The van der Waals surface area contributed by atoms with E-state index in [1.54, 1.807) is 12.2 Å². The van der Waals surface area contributed by atoms with Gasteiger partial charge in [0.15, 0.2) is 5.11 Å². The number of benzene rings is 2. The molecule has 1 aliphatic rings. The van der Waals surface area contributed by atoms with Gasteiger partial charge in [0.25, 0.3) is 11.8 Å². The number of hydrogen-bond donors (Lipinski definition) is 1. The molecular formula is C24H21N3O2S. The van der Waals surface area contributed by atoms with Crippen molar-refractivity contribution in [2.75, 3.05) is 6.54 Å². The van der Waals surface area contributed by atoms with Crippen LogP contribution >= 0.6 is 12.2 Å². The largest absolute Gasteiger partial charge is 0.317 e. The van der Waals surface area contributed by atoms with E-state index < -0.39 is 11.8 Å². The van der Waals surface area contributed by atoms with Crippen molar-refractivity contribution in [2.45, 2.75) is 13.8 Å². The number of fused-ring (bicyclic) bond motifs is 1. The van der Waals surface area contributed by atoms with E-state index >= 15 is 0 Å². The second kappa shape index (κ2) is 7.72. The number of nitrogens with zero attached hydrogens (tertiary/aromatic N) is 2. The summed E-state index contributed by atoms with van der Waals surface area (Å²) < 4.78 is 2.14. The third-order valence-electron chi connectivity index (χ3n) is 5.28. The predicted molar refractivity (Wildman–Crippen MR) is 123 cm³/mol. The maximum Gasteiger partial charge on any atom is 0.265 e. The fourth-order valence-electron chi connectivity index (χ4n) is 3.85. The zero-order valence-electron chi connectivity index (χ0n) is 16.8. The zero-order valence-corrected chi connectivity index (χ0v) is 17.6. The summed E-state index contributed by atoms with van der Waals surface area (Å²) in [6.07, 6.45) is 3.21. The van der Waals surface area contributed by atoms with Gasteiger partial charge in [-0.25, -0.2) is 0 Å². The Hall–Kier alpha value is -3.51. The molecule has 0 bridgehead atoms. The molecule has 0 unspecified atom stereocenters. The van der Waals surface area contributed by atoms with Gasteiger partial charge in [0.05, 0.1) is 5.69 Å². The van der Waals surface area contributed by atoms with Gasteiger partial charge >= 0.3 is 0 Å². The molecule has 2 amide bonds. The summed E-state index contributed by atoms with van der Waals surface area (Å²) >= 11 is 5.12. The highest BCUT2D eigenvalue weighted by Crippen LogP contribution is 2.28. The van der Waals surface area contributed by atoms with Crippen molar-refractivity contribution >= 4 is 46.0 Å². The number of carbonyl (C=O) groups is 2. The van der Waals surface area contributed by atoms with E-state index in [0.29, 0.717) is 0 Å². The number of amides is 2. The molecule has 30 heavy (non-hydrogen) atoms. The number of nitrogens with one attached hydrogen (secondary N) is 1. The van der Waals surface area contributed by atoms with Crippen molar-refractivity contribution in [2.24, 2.45) is 0 Å². The number of thiocarbonyl (C=S) groups is 1. The predicted octanol–water partition coefficient (Wildman–Crippen LogP) is 4.06. The molecule has 1 aliphatic heterocycles. The first-order valence-electron chi connectivity index (χ1n) is 9.59. The standard InChI is InChI=1S/C24H21N3O2S/c1-4-12-26-23(29)20(22(28)25-24(26)30)14-18-13-15(2)27(16(18)3)21-11-7-9-17-8-5-6-10-19(17)21/h4-11,13-14H,1,12H2,2-3H3,(H,25,28,30)/b20-14-. The summed E-state index contributed by atoms with van der Waals surface area (Å²) in [5.74, 6) is -0.904. The molecule has 1 N–H and O–H groups in total. The first kappa shape index (κ1) is 19.8. The Balaban J connectivity index is 1.83. The lowest BCUT2D eigenvalue weighted by molar-refractivity contribution is -0.128. The first-order chi connectivity index (χ1) is 14.4. The monoisotopic (exact) mass is 415 g/mol. The van der Waals surface area contributed by atoms with E-state index in [4.69, 9.17) is 12.2 Å². The molecule has 0 atom stereocenters. The molecule has 150 valence electrons. The first-order valence-corrected chi connectivity index (χ1v) is 10.00. The molecule has 2 heterocycles. The highest BCUT2D eigenvalue weighted by Gasteiger charge is 2.32. The maximum absolute atomic E-state index is 12.8. The van der Waals surface area contributed by atoms with Crippen LogP contribution in [-0.2, 0) is 9.59 Å². The molecule has 5 nitrogen and oxygen atoms in total. The van der Waals surface area contributed by atoms with Gasteiger partial charge in [0.1, 0.15) is 5.57 Å². The van der Waals surface area contributed by atoms with Crippen molar-refractivity contribution in [3.63, 3.8) is 0 Å². The van der Waals surface area contributed by atoms with Crippen LogP contribution in [0.1, 0.15) is 17.0 Å². The molecule has 0 aliphatic carbocycles. The molecular weight excluding hydrogens is 394 g/mol. The van der Waals surface area contributed by atoms with E-state index in [-0.39, 0.29) is 17.2 Å². The minimum absolute atomic E-state index is 0.0589. The van der Waals surface area contributed by atoms with Gasteiger partial charge in [-0.1, -0.05) is 42.5 Å². The third kappa shape index (κ3) is 3.25. The SMILES string of the molecule is C=CCN1C(=O)/C(=C\c2cc(C)n(-c3cccc4ccccc34)c2C)C(=O)NC1=S. The maximum atomic E-state index is 12.8. The molecule has 0 radical (unpaired) electrons. The van der Waals surface area contributed by atoms with Crippen LogP contribution in [0.5, 0.6) is 0 Å². The molecule has 0 spiro atoms. The Bertz CT molecular complexity index is 1250. The van der Waals surface area contributed by atoms with Crippen molar-refractivity contribution in [1.82, 2.24) is 14.8 Å². The molecule has 4 rings (SSSR count). The Labute approximate surface area is 180 Å². The summed E-state index contributed by atoms with van der Waals surface area (Å²) in [7, 11) is 0. The molecule has 1 aromatic heterocycles. The lowest BCUT2D eigenvalue weighted by atomic mass is 10.1. The van der Waals surface area contributed by atoms with E-state index in [1.807, 2.05) is 38.1 Å². The normalized spacial score (nSPS) is 15.7. The molecule has 2 aromatic carbocycles. The minimum atomic E-state index is -0.486. The Morgan fingerprint density at radius 3 is 2.60 bits per heavy atom. The molecule has 1 fully saturated rings. The van der Waals surface area contributed by atoms with Gasteiger partial charge in [0, 0.05) is 23.3 Å². The smallest absolute Gasteiger partial charge is 0.265 e. The number of aryl methyl sites for hydroxylation is 1. The minimum Gasteiger partial charge on any atom is -0.317 e. The van der Waals surface area contributed by atoms with E-state index in [0.717, 1.165) is 33.4 Å². The summed E-state index contributed by atoms with van der Waals surface area (Å²) in [4.78, 5) is 26.6. The summed E-state index contributed by atoms with van der Waals surface area (Å²) in [5, 5.41) is 4.97. The Morgan fingerprint density at radius 1 is 1.10 bits per heavy atom. The van der Waals surface area contributed by atoms with Crippen molar-refractivity contribution in [3.8, 4) is 5.69 Å². The second-order valence-corrected chi connectivity index (χ2v) is 7.57. The average Bonchev–Trinajstić information content (AvgIpc) is 3.01. The quantitative estimate of drug-likeness (QED) is 0.303. The number of aromatic nitrogens is 1. The summed E-state index contributed by atoms with van der Waals surface area (Å²) in [6.45, 7) is 7.89. The average molecular weight is 416 g/mol.